The molecule has 0 unspecified atom stereocenters. The van der Waals surface area contributed by atoms with E-state index in [1.54, 1.807) is 6.92 Å². The summed E-state index contributed by atoms with van der Waals surface area (Å²) >= 11 is 0. The molecule has 6 rings (SSSR count). The zero-order chi connectivity index (χ0) is 27.9. The number of Topliss-reactive ketones (excluding diaryl/α,β-unsaturated/α-hetero) is 1. The van der Waals surface area contributed by atoms with Gasteiger partial charge in [-0.15, -0.1) is 0 Å². The smallest absolute Gasteiger partial charge is 0.308 e. The van der Waals surface area contributed by atoms with Crippen LogP contribution >= 0.6 is 0 Å². The third-order valence-corrected chi connectivity index (χ3v) is 10.2. The predicted octanol–water partition coefficient (Wildman–Crippen LogP) is 5.34. The average molecular weight is 545 g/mol. The molecule has 0 aromatic heterocycles. The summed E-state index contributed by atoms with van der Waals surface area (Å²) in [5, 5.41) is 0. The molecule has 1 saturated heterocycles. The molecule has 0 N–H and O–H groups in total. The minimum atomic E-state index is -0.311. The van der Waals surface area contributed by atoms with Crippen molar-refractivity contribution in [1.29, 1.82) is 0 Å². The molecule has 0 radical (unpaired) electrons. The van der Waals surface area contributed by atoms with Crippen molar-refractivity contribution in [3.63, 3.8) is 0 Å². The molecule has 2 aliphatic heterocycles. The number of carbonyl (C=O) groups is 2. The zero-order valence-electron chi connectivity index (χ0n) is 24.4. The summed E-state index contributed by atoms with van der Waals surface area (Å²) < 4.78 is 12.6. The van der Waals surface area contributed by atoms with Crippen molar-refractivity contribution in [2.45, 2.75) is 95.2 Å². The molecule has 6 heteroatoms. The topological polar surface area (TPSA) is 59.1 Å². The first-order valence-electron chi connectivity index (χ1n) is 15.4. The number of likely N-dealkylation sites (N-methyl/N-ethyl adjacent to an activating group) is 1. The molecule has 214 valence electrons. The lowest BCUT2D eigenvalue weighted by Crippen LogP contribution is -2.68. The summed E-state index contributed by atoms with van der Waals surface area (Å²) in [4.78, 5) is 29.1. The van der Waals surface area contributed by atoms with Gasteiger partial charge in [0, 0.05) is 30.0 Å². The summed E-state index contributed by atoms with van der Waals surface area (Å²) in [6.07, 6.45) is 10.3. The van der Waals surface area contributed by atoms with Gasteiger partial charge in [0.25, 0.3) is 0 Å². The number of carbonyl (C=O) groups excluding carboxylic acids is 2. The number of nitrogens with zero attached hydrogens (tertiary/aromatic N) is 2. The van der Waals surface area contributed by atoms with Gasteiger partial charge in [-0.3, -0.25) is 19.4 Å². The standard InChI is InChI=1S/C34H44N2O4/c1-23(37)22-36-20-18-34-27-15-16-28(35(3)19-10-5-4-7-11-25-12-8-6-9-13-25)33(34)40-32-30(39-24(2)38)17-14-26(31(32)34)21-29(27)36/h6,8-9,12-14,17,27-29,33H,4-5,7,10-11,15-16,18-22H2,1-3H3/t27-,28-,29+,33-,34-/m0/s1. The molecule has 4 aliphatic rings. The van der Waals surface area contributed by atoms with Crippen molar-refractivity contribution in [1.82, 2.24) is 9.80 Å². The van der Waals surface area contributed by atoms with Crippen molar-refractivity contribution in [2.75, 3.05) is 26.7 Å². The first-order valence-corrected chi connectivity index (χ1v) is 15.4. The van der Waals surface area contributed by atoms with Crippen LogP contribution in [0, 0.1) is 5.92 Å². The zero-order valence-corrected chi connectivity index (χ0v) is 24.4. The van der Waals surface area contributed by atoms with Crippen molar-refractivity contribution < 1.29 is 19.1 Å². The maximum absolute atomic E-state index is 12.2. The highest BCUT2D eigenvalue weighted by molar-refractivity contribution is 5.78. The van der Waals surface area contributed by atoms with E-state index >= 15 is 0 Å². The highest BCUT2D eigenvalue weighted by Gasteiger charge is 2.66. The van der Waals surface area contributed by atoms with Gasteiger partial charge >= 0.3 is 5.97 Å². The summed E-state index contributed by atoms with van der Waals surface area (Å²) in [6.45, 7) is 5.68. The van der Waals surface area contributed by atoms with Crippen LogP contribution < -0.4 is 9.47 Å². The summed E-state index contributed by atoms with van der Waals surface area (Å²) in [6, 6.07) is 15.5. The molecule has 2 fully saturated rings. The van der Waals surface area contributed by atoms with Gasteiger partial charge in [-0.2, -0.15) is 0 Å². The van der Waals surface area contributed by atoms with Gasteiger partial charge in [-0.05, 0) is 95.1 Å². The van der Waals surface area contributed by atoms with E-state index in [1.807, 2.05) is 6.07 Å². The molecule has 1 spiro atoms. The van der Waals surface area contributed by atoms with Crippen LogP contribution in [0.2, 0.25) is 0 Å². The van der Waals surface area contributed by atoms with Crippen molar-refractivity contribution >= 4 is 11.8 Å². The third-order valence-electron chi connectivity index (χ3n) is 10.2. The largest absolute Gasteiger partial charge is 0.484 e. The van der Waals surface area contributed by atoms with Gasteiger partial charge in [0.15, 0.2) is 11.5 Å². The summed E-state index contributed by atoms with van der Waals surface area (Å²) in [5.41, 5.74) is 3.97. The number of rotatable bonds is 11. The highest BCUT2D eigenvalue weighted by atomic mass is 16.6. The second-order valence-electron chi connectivity index (χ2n) is 12.7. The number of unbranched alkanes of at least 4 members (excludes halogenated alkanes) is 3. The second kappa shape index (κ2) is 11.3. The number of ketones is 1. The number of piperidine rings is 1. The van der Waals surface area contributed by atoms with Gasteiger partial charge in [0.1, 0.15) is 11.9 Å². The van der Waals surface area contributed by atoms with Crippen LogP contribution in [0.3, 0.4) is 0 Å². The van der Waals surface area contributed by atoms with Crippen LogP contribution in [-0.4, -0.2) is 66.4 Å². The summed E-state index contributed by atoms with van der Waals surface area (Å²) in [7, 11) is 2.27. The van der Waals surface area contributed by atoms with E-state index in [1.165, 1.54) is 49.3 Å². The fraction of sp³-hybridized carbons (Fsp3) is 0.588. The number of aryl methyl sites for hydroxylation is 1. The molecule has 2 bridgehead atoms. The number of likely N-dealkylation sites (tertiary alicyclic amines) is 1. The number of benzene rings is 2. The Kier molecular flexibility index (Phi) is 7.75. The predicted molar refractivity (Wildman–Crippen MR) is 156 cm³/mol. The normalized spacial score (nSPS) is 28.2. The van der Waals surface area contributed by atoms with Crippen LogP contribution in [0.25, 0.3) is 0 Å². The van der Waals surface area contributed by atoms with Crippen LogP contribution in [-0.2, 0) is 27.8 Å². The lowest BCUT2D eigenvalue weighted by molar-refractivity contribution is -0.132. The van der Waals surface area contributed by atoms with E-state index in [4.69, 9.17) is 9.47 Å². The van der Waals surface area contributed by atoms with E-state index in [0.717, 1.165) is 50.9 Å². The molecular weight excluding hydrogens is 500 g/mol. The lowest BCUT2D eigenvalue weighted by Gasteiger charge is -2.60. The fourth-order valence-corrected chi connectivity index (χ4v) is 8.61. The maximum atomic E-state index is 12.2. The molecule has 2 aliphatic carbocycles. The van der Waals surface area contributed by atoms with Crippen molar-refractivity contribution in [2.24, 2.45) is 5.92 Å². The maximum Gasteiger partial charge on any atom is 0.308 e. The molecule has 40 heavy (non-hydrogen) atoms. The van der Waals surface area contributed by atoms with Gasteiger partial charge in [0.05, 0.1) is 6.54 Å². The van der Waals surface area contributed by atoms with Gasteiger partial charge in [-0.25, -0.2) is 0 Å². The van der Waals surface area contributed by atoms with Crippen LogP contribution in [0.4, 0.5) is 0 Å². The third kappa shape index (κ3) is 4.87. The first-order chi connectivity index (χ1) is 19.4. The lowest BCUT2D eigenvalue weighted by atomic mass is 9.51. The Bertz CT molecular complexity index is 1250. The molecule has 2 aromatic carbocycles. The van der Waals surface area contributed by atoms with Crippen molar-refractivity contribution in [3.8, 4) is 11.5 Å². The highest BCUT2D eigenvalue weighted by Crippen LogP contribution is 2.64. The van der Waals surface area contributed by atoms with Crippen LogP contribution in [0.15, 0.2) is 42.5 Å². The summed E-state index contributed by atoms with van der Waals surface area (Å²) in [5.74, 6) is 1.76. The minimum Gasteiger partial charge on any atom is -0.484 e. The Morgan fingerprint density at radius 1 is 1.05 bits per heavy atom. The molecular formula is C34H44N2O4. The monoisotopic (exact) mass is 544 g/mol. The number of hydrogen-bond donors (Lipinski definition) is 0. The van der Waals surface area contributed by atoms with Gasteiger partial charge in [-0.1, -0.05) is 49.2 Å². The fourth-order valence-electron chi connectivity index (χ4n) is 8.61. The Morgan fingerprint density at radius 3 is 2.62 bits per heavy atom. The molecule has 1 saturated carbocycles. The van der Waals surface area contributed by atoms with Gasteiger partial charge < -0.3 is 9.47 Å². The minimum absolute atomic E-state index is 0.0436. The molecule has 2 aromatic rings. The first kappa shape index (κ1) is 27.5. The molecule has 0 amide bonds. The number of ether oxygens (including phenoxy) is 2. The molecule has 6 nitrogen and oxygen atoms in total. The Morgan fingerprint density at radius 2 is 1.85 bits per heavy atom. The van der Waals surface area contributed by atoms with E-state index in [9.17, 15) is 9.59 Å². The SMILES string of the molecule is CC(=O)CN1CC[C@]23c4c5ccc(OC(C)=O)c4O[C@H]2[C@@H](N(C)CCCCCCc2ccccc2)CC[C@H]3[C@H]1C5. The van der Waals surface area contributed by atoms with Crippen LogP contribution in [0.1, 0.15) is 75.5 Å². The molecule has 2 heterocycles. The Labute approximate surface area is 239 Å². The van der Waals surface area contributed by atoms with E-state index in [2.05, 4.69) is 53.2 Å². The van der Waals surface area contributed by atoms with Crippen LogP contribution in [0.5, 0.6) is 11.5 Å². The van der Waals surface area contributed by atoms with Crippen molar-refractivity contribution in [3.05, 3.63) is 59.2 Å². The molecule has 5 atom stereocenters. The average Bonchev–Trinajstić information content (AvgIpc) is 3.28. The quantitative estimate of drug-likeness (QED) is 0.216. The van der Waals surface area contributed by atoms with E-state index in [0.29, 0.717) is 30.3 Å². The Hall–Kier alpha value is -2.70. The Balaban J connectivity index is 1.19. The van der Waals surface area contributed by atoms with Gasteiger partial charge in [0.2, 0.25) is 0 Å². The second-order valence-corrected chi connectivity index (χ2v) is 12.7. The number of hydrogen-bond acceptors (Lipinski definition) is 6. The number of esters is 1. The van der Waals surface area contributed by atoms with E-state index in [-0.39, 0.29) is 23.3 Å². The van der Waals surface area contributed by atoms with E-state index < -0.39 is 0 Å².